The summed E-state index contributed by atoms with van der Waals surface area (Å²) in [6.07, 6.45) is 2.06. The first kappa shape index (κ1) is 23.2. The molecule has 0 saturated carbocycles. The molecule has 3 aromatic carbocycles. The van der Waals surface area contributed by atoms with Gasteiger partial charge >= 0.3 is 5.97 Å². The number of aromatic nitrogens is 1. The quantitative estimate of drug-likeness (QED) is 0.134. The molecule has 0 bridgehead atoms. The Balaban J connectivity index is 1.69. The first-order valence-corrected chi connectivity index (χ1v) is 11.2. The summed E-state index contributed by atoms with van der Waals surface area (Å²) in [5, 5.41) is 22.9. The van der Waals surface area contributed by atoms with Crippen molar-refractivity contribution in [2.24, 2.45) is 5.16 Å². The van der Waals surface area contributed by atoms with Gasteiger partial charge in [0.25, 0.3) is 0 Å². The average molecular weight is 471 g/mol. The van der Waals surface area contributed by atoms with Gasteiger partial charge in [-0.05, 0) is 59.0 Å². The number of rotatable bonds is 7. The minimum atomic E-state index is -0.945. The smallest absolute Gasteiger partial charge is 0.335 e. The first-order valence-electron chi connectivity index (χ1n) is 10.8. The number of aromatic carboxylic acids is 1. The van der Waals surface area contributed by atoms with Gasteiger partial charge in [0, 0.05) is 24.1 Å². The van der Waals surface area contributed by atoms with Crippen molar-refractivity contribution in [3.8, 4) is 11.1 Å². The van der Waals surface area contributed by atoms with Crippen LogP contribution in [-0.4, -0.2) is 27.0 Å². The van der Waals surface area contributed by atoms with E-state index in [1.165, 1.54) is 0 Å². The highest BCUT2D eigenvalue weighted by atomic mass is 35.5. The maximum Gasteiger partial charge on any atom is 0.335 e. The molecule has 1 unspecified atom stereocenters. The third-order valence-corrected chi connectivity index (χ3v) is 6.13. The Morgan fingerprint density at radius 1 is 0.941 bits per heavy atom. The van der Waals surface area contributed by atoms with E-state index >= 15 is 0 Å². The molecule has 0 amide bonds. The molecule has 5 nitrogen and oxygen atoms in total. The largest absolute Gasteiger partial charge is 0.478 e. The lowest BCUT2D eigenvalue weighted by Crippen LogP contribution is -2.12. The molecule has 0 radical (unpaired) electrons. The molecule has 0 aliphatic heterocycles. The normalized spacial score (nSPS) is 12.4. The van der Waals surface area contributed by atoms with Crippen LogP contribution in [0.2, 0.25) is 5.15 Å². The van der Waals surface area contributed by atoms with Crippen molar-refractivity contribution < 1.29 is 15.1 Å². The number of carboxylic acids is 1. The van der Waals surface area contributed by atoms with Crippen LogP contribution in [0, 0.1) is 6.92 Å². The van der Waals surface area contributed by atoms with E-state index in [-0.39, 0.29) is 11.5 Å². The minimum Gasteiger partial charge on any atom is -0.478 e. The van der Waals surface area contributed by atoms with E-state index in [4.69, 9.17) is 16.7 Å². The molecule has 1 atom stereocenters. The molecule has 1 heterocycles. The summed E-state index contributed by atoms with van der Waals surface area (Å²) < 4.78 is 0. The number of aryl methyl sites for hydroxylation is 1. The highest BCUT2D eigenvalue weighted by Gasteiger charge is 2.20. The van der Waals surface area contributed by atoms with Crippen LogP contribution in [-0.2, 0) is 0 Å². The van der Waals surface area contributed by atoms with Gasteiger partial charge in [-0.2, -0.15) is 0 Å². The predicted molar refractivity (Wildman–Crippen MR) is 134 cm³/mol. The Morgan fingerprint density at radius 2 is 1.59 bits per heavy atom. The second-order valence-electron chi connectivity index (χ2n) is 8.03. The van der Waals surface area contributed by atoms with E-state index in [2.05, 4.69) is 41.3 Å². The van der Waals surface area contributed by atoms with Gasteiger partial charge in [-0.1, -0.05) is 77.4 Å². The van der Waals surface area contributed by atoms with Gasteiger partial charge in [0.05, 0.1) is 11.3 Å². The number of benzene rings is 3. The van der Waals surface area contributed by atoms with Crippen molar-refractivity contribution in [1.29, 1.82) is 0 Å². The zero-order valence-corrected chi connectivity index (χ0v) is 19.3. The summed E-state index contributed by atoms with van der Waals surface area (Å²) in [4.78, 5) is 15.1. The molecule has 0 spiro atoms. The van der Waals surface area contributed by atoms with Crippen molar-refractivity contribution in [2.75, 3.05) is 0 Å². The lowest BCUT2D eigenvalue weighted by molar-refractivity contribution is 0.0697. The maximum atomic E-state index is 11.1. The lowest BCUT2D eigenvalue weighted by Gasteiger charge is -2.21. The lowest BCUT2D eigenvalue weighted by atomic mass is 9.83. The number of hydrogen-bond acceptors (Lipinski definition) is 4. The maximum absolute atomic E-state index is 11.1. The zero-order valence-electron chi connectivity index (χ0n) is 18.5. The van der Waals surface area contributed by atoms with Gasteiger partial charge in [-0.3, -0.25) is 0 Å². The van der Waals surface area contributed by atoms with Crippen molar-refractivity contribution in [3.63, 3.8) is 0 Å². The standard InChI is InChI=1S/C28H23ClN2O3/c1-18-4-2-3-5-24(18)25(17-26(31-34)23-14-15-30-27(29)16-23)21-10-6-19(7-11-21)20-8-12-22(13-9-20)28(32)33/h2-16,25,34H,17H2,1H3,(H,32,33)/b31-26-. The number of pyridine rings is 1. The molecule has 2 N–H and O–H groups in total. The molecule has 1 aromatic heterocycles. The highest BCUT2D eigenvalue weighted by molar-refractivity contribution is 6.29. The summed E-state index contributed by atoms with van der Waals surface area (Å²) in [7, 11) is 0. The molecular formula is C28H23ClN2O3. The van der Waals surface area contributed by atoms with E-state index < -0.39 is 5.97 Å². The molecule has 0 saturated heterocycles. The number of carboxylic acid groups (broad SMARTS) is 1. The Kier molecular flexibility index (Phi) is 7.04. The monoisotopic (exact) mass is 470 g/mol. The number of hydrogen-bond donors (Lipinski definition) is 2. The van der Waals surface area contributed by atoms with E-state index in [0.717, 1.165) is 33.4 Å². The Bertz CT molecular complexity index is 1330. The fourth-order valence-corrected chi connectivity index (χ4v) is 4.26. The van der Waals surface area contributed by atoms with Gasteiger partial charge in [-0.15, -0.1) is 0 Å². The zero-order chi connectivity index (χ0) is 24.1. The fourth-order valence-electron chi connectivity index (χ4n) is 4.09. The molecule has 34 heavy (non-hydrogen) atoms. The number of carbonyl (C=O) groups is 1. The second-order valence-corrected chi connectivity index (χ2v) is 8.42. The first-order chi connectivity index (χ1) is 16.5. The van der Waals surface area contributed by atoms with Gasteiger partial charge in [0.15, 0.2) is 0 Å². The topological polar surface area (TPSA) is 82.8 Å². The third-order valence-electron chi connectivity index (χ3n) is 5.92. The molecular weight excluding hydrogens is 448 g/mol. The van der Waals surface area contributed by atoms with Crippen molar-refractivity contribution in [3.05, 3.63) is 124 Å². The summed E-state index contributed by atoms with van der Waals surface area (Å²) in [6.45, 7) is 2.07. The summed E-state index contributed by atoms with van der Waals surface area (Å²) in [5.74, 6) is -0.998. The van der Waals surface area contributed by atoms with E-state index in [1.807, 2.05) is 24.3 Å². The third kappa shape index (κ3) is 5.16. The van der Waals surface area contributed by atoms with Crippen LogP contribution in [0.5, 0.6) is 0 Å². The van der Waals surface area contributed by atoms with Crippen molar-refractivity contribution in [1.82, 2.24) is 4.98 Å². The molecule has 0 aliphatic rings. The van der Waals surface area contributed by atoms with Gasteiger partial charge in [0.1, 0.15) is 5.15 Å². The average Bonchev–Trinajstić information content (AvgIpc) is 2.86. The highest BCUT2D eigenvalue weighted by Crippen LogP contribution is 2.33. The van der Waals surface area contributed by atoms with Gasteiger partial charge in [0.2, 0.25) is 0 Å². The molecule has 0 aliphatic carbocycles. The van der Waals surface area contributed by atoms with E-state index in [9.17, 15) is 10.0 Å². The van der Waals surface area contributed by atoms with Crippen LogP contribution in [0.4, 0.5) is 0 Å². The van der Waals surface area contributed by atoms with Crippen molar-refractivity contribution >= 4 is 23.3 Å². The Morgan fingerprint density at radius 3 is 2.18 bits per heavy atom. The minimum absolute atomic E-state index is 0.0533. The fraction of sp³-hybridized carbons (Fsp3) is 0.107. The molecule has 4 aromatic rings. The molecule has 4 rings (SSSR count). The van der Waals surface area contributed by atoms with Crippen molar-refractivity contribution in [2.45, 2.75) is 19.3 Å². The number of oxime groups is 1. The predicted octanol–water partition coefficient (Wildman–Crippen LogP) is 6.81. The van der Waals surface area contributed by atoms with E-state index in [1.54, 1.807) is 42.6 Å². The SMILES string of the molecule is Cc1ccccc1C(C/C(=N/O)c1ccnc(Cl)c1)c1ccc(-c2ccc(C(=O)O)cc2)cc1. The molecule has 6 heteroatoms. The van der Waals surface area contributed by atoms with Crippen LogP contribution < -0.4 is 0 Å². The summed E-state index contributed by atoms with van der Waals surface area (Å²) in [5.41, 5.74) is 6.78. The second kappa shape index (κ2) is 10.3. The molecule has 170 valence electrons. The summed E-state index contributed by atoms with van der Waals surface area (Å²) in [6, 6.07) is 26.6. The molecule has 0 fully saturated rings. The van der Waals surface area contributed by atoms with Crippen LogP contribution in [0.15, 0.2) is 96.3 Å². The van der Waals surface area contributed by atoms with E-state index in [0.29, 0.717) is 17.3 Å². The van der Waals surface area contributed by atoms with Crippen LogP contribution >= 0.6 is 11.6 Å². The van der Waals surface area contributed by atoms with Gasteiger partial charge in [-0.25, -0.2) is 9.78 Å². The Labute approximate surface area is 203 Å². The van der Waals surface area contributed by atoms with Crippen LogP contribution in [0.1, 0.15) is 45.0 Å². The Hall–Kier alpha value is -3.96. The van der Waals surface area contributed by atoms with Crippen LogP contribution in [0.25, 0.3) is 11.1 Å². The van der Waals surface area contributed by atoms with Crippen LogP contribution in [0.3, 0.4) is 0 Å². The summed E-state index contributed by atoms with van der Waals surface area (Å²) >= 11 is 6.06. The number of nitrogens with zero attached hydrogens (tertiary/aromatic N) is 2. The van der Waals surface area contributed by atoms with Gasteiger partial charge < -0.3 is 10.3 Å². The number of halogens is 1.